The third-order valence-electron chi connectivity index (χ3n) is 7.22. The summed E-state index contributed by atoms with van der Waals surface area (Å²) < 4.78 is 0. The lowest BCUT2D eigenvalue weighted by Crippen LogP contribution is -2.41. The highest BCUT2D eigenvalue weighted by Crippen LogP contribution is 2.41. The summed E-state index contributed by atoms with van der Waals surface area (Å²) in [5, 5.41) is 3.55. The van der Waals surface area contributed by atoms with Crippen LogP contribution >= 0.6 is 12.6 Å². The second-order valence-electron chi connectivity index (χ2n) is 9.93. The Kier molecular flexibility index (Phi) is 7.66. The van der Waals surface area contributed by atoms with E-state index in [1.807, 2.05) is 37.3 Å². The SMILES string of the molecule is C=C(/C=C\C=C/C)Nc1c(S)cccc1-c1cc(-c2ccccc2)cc2c1[B]c1ccccc1N2c1ccccc1. The van der Waals surface area contributed by atoms with Crippen molar-refractivity contribution in [2.75, 3.05) is 10.2 Å². The lowest BCUT2D eigenvalue weighted by molar-refractivity contribution is 1.29. The van der Waals surface area contributed by atoms with Crippen molar-refractivity contribution < 1.29 is 0 Å². The van der Waals surface area contributed by atoms with Crippen molar-refractivity contribution in [3.8, 4) is 22.3 Å². The van der Waals surface area contributed by atoms with Crippen molar-refractivity contribution in [1.29, 1.82) is 0 Å². The van der Waals surface area contributed by atoms with Gasteiger partial charge in [-0.25, -0.2) is 0 Å². The lowest BCUT2D eigenvalue weighted by Gasteiger charge is -2.35. The fourth-order valence-corrected chi connectivity index (χ4v) is 5.59. The smallest absolute Gasteiger partial charge is 0.197 e. The molecule has 0 saturated heterocycles. The first-order valence-electron chi connectivity index (χ1n) is 13.7. The Morgan fingerprint density at radius 1 is 0.756 bits per heavy atom. The normalized spacial score (nSPS) is 12.2. The molecule has 197 valence electrons. The standard InChI is InChI=1S/C37H30BN2S/c1-3-4-7-15-26(2)39-37-30(20-14-23-35(37)41)31-24-28(27-16-8-5-9-17-27)25-34-36(31)38-32-21-12-13-22-33(32)40(34)29-18-10-6-11-19-29/h3-25,39,41H,2H2,1H3/b4-3-,15-7-. The highest BCUT2D eigenvalue weighted by molar-refractivity contribution is 7.80. The molecule has 0 saturated carbocycles. The molecule has 5 aromatic carbocycles. The summed E-state index contributed by atoms with van der Waals surface area (Å²) >= 11 is 4.88. The van der Waals surface area contributed by atoms with Gasteiger partial charge >= 0.3 is 0 Å². The Morgan fingerprint density at radius 2 is 1.49 bits per heavy atom. The van der Waals surface area contributed by atoms with E-state index in [2.05, 4.69) is 133 Å². The second-order valence-corrected chi connectivity index (χ2v) is 10.4. The number of rotatable bonds is 7. The van der Waals surface area contributed by atoms with E-state index in [0.717, 1.165) is 55.5 Å². The molecule has 1 radical (unpaired) electrons. The van der Waals surface area contributed by atoms with Crippen molar-refractivity contribution in [1.82, 2.24) is 0 Å². The zero-order valence-electron chi connectivity index (χ0n) is 23.0. The molecule has 5 aromatic rings. The van der Waals surface area contributed by atoms with Crippen LogP contribution < -0.4 is 21.1 Å². The maximum atomic E-state index is 4.88. The van der Waals surface area contributed by atoms with Gasteiger partial charge in [-0.15, -0.1) is 12.6 Å². The van der Waals surface area contributed by atoms with E-state index in [0.29, 0.717) is 0 Å². The Balaban J connectivity index is 1.61. The number of thiol groups is 1. The average molecular weight is 546 g/mol. The van der Waals surface area contributed by atoms with Crippen LogP contribution in [0, 0.1) is 0 Å². The fourth-order valence-electron chi connectivity index (χ4n) is 5.33. The summed E-state index contributed by atoms with van der Waals surface area (Å²) in [7, 11) is 2.31. The van der Waals surface area contributed by atoms with E-state index in [4.69, 9.17) is 12.6 Å². The molecule has 0 unspecified atom stereocenters. The molecule has 1 aliphatic heterocycles. The van der Waals surface area contributed by atoms with Crippen molar-refractivity contribution in [3.63, 3.8) is 0 Å². The highest BCUT2D eigenvalue weighted by Gasteiger charge is 2.28. The zero-order chi connectivity index (χ0) is 28.2. The van der Waals surface area contributed by atoms with Gasteiger partial charge in [0.05, 0.1) is 5.69 Å². The molecule has 1 N–H and O–H groups in total. The Hall–Kier alpha value is -4.67. The van der Waals surface area contributed by atoms with Gasteiger partial charge in [0.2, 0.25) is 0 Å². The number of hydrogen-bond donors (Lipinski definition) is 2. The second kappa shape index (κ2) is 11.8. The number of hydrogen-bond acceptors (Lipinski definition) is 3. The fraction of sp³-hybridized carbons (Fsp3) is 0.0270. The van der Waals surface area contributed by atoms with Crippen LogP contribution in [0.3, 0.4) is 0 Å². The molecule has 6 rings (SSSR count). The van der Waals surface area contributed by atoms with E-state index >= 15 is 0 Å². The van der Waals surface area contributed by atoms with E-state index in [1.54, 1.807) is 0 Å². The maximum Gasteiger partial charge on any atom is 0.197 e. The summed E-state index contributed by atoms with van der Waals surface area (Å²) in [6.07, 6.45) is 7.94. The van der Waals surface area contributed by atoms with Gasteiger partial charge in [-0.1, -0.05) is 109 Å². The largest absolute Gasteiger partial charge is 0.355 e. The van der Waals surface area contributed by atoms with Crippen molar-refractivity contribution in [2.24, 2.45) is 0 Å². The maximum absolute atomic E-state index is 4.88. The van der Waals surface area contributed by atoms with Crippen LogP contribution in [0.2, 0.25) is 0 Å². The molecule has 41 heavy (non-hydrogen) atoms. The summed E-state index contributed by atoms with van der Waals surface area (Å²) in [4.78, 5) is 3.23. The first kappa shape index (κ1) is 26.6. The molecular formula is C37H30BN2S. The molecule has 1 heterocycles. The molecule has 0 aromatic heterocycles. The number of anilines is 4. The monoisotopic (exact) mass is 545 g/mol. The van der Waals surface area contributed by atoms with E-state index in [-0.39, 0.29) is 0 Å². The topological polar surface area (TPSA) is 15.3 Å². The predicted molar refractivity (Wildman–Crippen MR) is 181 cm³/mol. The predicted octanol–water partition coefficient (Wildman–Crippen LogP) is 8.81. The van der Waals surface area contributed by atoms with Gasteiger partial charge < -0.3 is 10.2 Å². The van der Waals surface area contributed by atoms with Crippen LogP contribution in [0.15, 0.2) is 157 Å². The number of para-hydroxylation sites is 3. The first-order chi connectivity index (χ1) is 20.1. The Labute approximate surface area is 249 Å². The molecule has 0 aliphatic carbocycles. The van der Waals surface area contributed by atoms with E-state index in [9.17, 15) is 0 Å². The average Bonchev–Trinajstić information content (AvgIpc) is 3.01. The number of nitrogens with zero attached hydrogens (tertiary/aromatic N) is 1. The summed E-state index contributed by atoms with van der Waals surface area (Å²) in [6, 6.07) is 40.6. The van der Waals surface area contributed by atoms with E-state index < -0.39 is 0 Å². The van der Waals surface area contributed by atoms with Crippen LogP contribution in [-0.2, 0) is 0 Å². The molecule has 0 fully saturated rings. The van der Waals surface area contributed by atoms with Crippen LogP contribution in [-0.4, -0.2) is 7.28 Å². The molecular weight excluding hydrogens is 515 g/mol. The van der Waals surface area contributed by atoms with Crippen molar-refractivity contribution >= 4 is 53.6 Å². The molecule has 0 amide bonds. The van der Waals surface area contributed by atoms with Crippen LogP contribution in [0.25, 0.3) is 22.3 Å². The van der Waals surface area contributed by atoms with Crippen LogP contribution in [0.4, 0.5) is 22.7 Å². The molecule has 0 atom stereocenters. The quantitative estimate of drug-likeness (QED) is 0.118. The summed E-state index contributed by atoms with van der Waals surface area (Å²) in [5.41, 5.74) is 12.0. The number of allylic oxidation sites excluding steroid dienone is 4. The molecule has 4 heteroatoms. The number of benzene rings is 5. The van der Waals surface area contributed by atoms with Crippen LogP contribution in [0.5, 0.6) is 0 Å². The third kappa shape index (κ3) is 5.39. The molecule has 1 aliphatic rings. The van der Waals surface area contributed by atoms with Gasteiger partial charge in [-0.2, -0.15) is 0 Å². The Bertz CT molecular complexity index is 1770. The van der Waals surface area contributed by atoms with Gasteiger partial charge in [-0.05, 0) is 71.6 Å². The van der Waals surface area contributed by atoms with E-state index in [1.165, 1.54) is 11.0 Å². The van der Waals surface area contributed by atoms with Gasteiger partial charge in [0.25, 0.3) is 0 Å². The molecule has 0 bridgehead atoms. The van der Waals surface area contributed by atoms with Crippen molar-refractivity contribution in [3.05, 3.63) is 152 Å². The minimum atomic E-state index is 0.791. The third-order valence-corrected chi connectivity index (χ3v) is 7.59. The first-order valence-corrected chi connectivity index (χ1v) is 14.2. The summed E-state index contributed by atoms with van der Waals surface area (Å²) in [5.74, 6) is 0. The molecule has 2 nitrogen and oxygen atoms in total. The number of fused-ring (bicyclic) bond motifs is 2. The van der Waals surface area contributed by atoms with Gasteiger partial charge in [0.15, 0.2) is 7.28 Å². The molecule has 0 spiro atoms. The minimum Gasteiger partial charge on any atom is -0.355 e. The van der Waals surface area contributed by atoms with Gasteiger partial charge in [0, 0.05) is 33.2 Å². The lowest BCUT2D eigenvalue weighted by atomic mass is 9.58. The zero-order valence-corrected chi connectivity index (χ0v) is 23.9. The number of nitrogens with one attached hydrogen (secondary N) is 1. The van der Waals surface area contributed by atoms with Crippen LogP contribution in [0.1, 0.15) is 6.92 Å². The van der Waals surface area contributed by atoms with Crippen molar-refractivity contribution in [2.45, 2.75) is 11.8 Å². The van der Waals surface area contributed by atoms with Gasteiger partial charge in [-0.3, -0.25) is 0 Å². The summed E-state index contributed by atoms with van der Waals surface area (Å²) in [6.45, 7) is 6.25. The van der Waals surface area contributed by atoms with Gasteiger partial charge in [0.1, 0.15) is 0 Å². The minimum absolute atomic E-state index is 0.791. The highest BCUT2D eigenvalue weighted by atomic mass is 32.1. The Morgan fingerprint density at radius 3 is 2.27 bits per heavy atom.